The van der Waals surface area contributed by atoms with Crippen LogP contribution < -0.4 is 10.2 Å². The molecule has 1 N–H and O–H groups in total. The second-order valence-corrected chi connectivity index (χ2v) is 6.33. The van der Waals surface area contributed by atoms with E-state index in [1.807, 2.05) is 12.1 Å². The molecule has 0 fully saturated rings. The summed E-state index contributed by atoms with van der Waals surface area (Å²) >= 11 is 0. The van der Waals surface area contributed by atoms with Gasteiger partial charge in [0.15, 0.2) is 0 Å². The molecule has 0 bridgehead atoms. The minimum atomic E-state index is 0.116. The predicted octanol–water partition coefficient (Wildman–Crippen LogP) is 4.19. The second kappa shape index (κ2) is 6.81. The predicted molar refractivity (Wildman–Crippen MR) is 88.5 cm³/mol. The molecule has 3 heteroatoms. The molecular formula is C18H26N2O. The molecule has 0 aliphatic carbocycles. The second-order valence-electron chi connectivity index (χ2n) is 6.33. The van der Waals surface area contributed by atoms with Gasteiger partial charge in [-0.2, -0.15) is 0 Å². The third kappa shape index (κ3) is 4.64. The number of rotatable bonds is 6. The summed E-state index contributed by atoms with van der Waals surface area (Å²) in [6.45, 7) is 11.4. The van der Waals surface area contributed by atoms with E-state index in [-0.39, 0.29) is 5.54 Å². The molecule has 114 valence electrons. The van der Waals surface area contributed by atoms with Crippen molar-refractivity contribution < 1.29 is 4.42 Å². The minimum Gasteiger partial charge on any atom is -0.467 e. The van der Waals surface area contributed by atoms with E-state index in [1.54, 1.807) is 6.26 Å². The smallest absolute Gasteiger partial charge is 0.123 e. The van der Waals surface area contributed by atoms with Crippen molar-refractivity contribution in [1.82, 2.24) is 5.32 Å². The number of nitrogens with one attached hydrogen (secondary N) is 1. The van der Waals surface area contributed by atoms with Crippen LogP contribution in [0.4, 0.5) is 5.69 Å². The fraction of sp³-hybridized carbons (Fsp3) is 0.444. The van der Waals surface area contributed by atoms with Crippen molar-refractivity contribution in [2.45, 2.75) is 46.3 Å². The van der Waals surface area contributed by atoms with Gasteiger partial charge in [0.25, 0.3) is 0 Å². The summed E-state index contributed by atoms with van der Waals surface area (Å²) < 4.78 is 5.48. The van der Waals surface area contributed by atoms with Crippen molar-refractivity contribution in [1.29, 1.82) is 0 Å². The van der Waals surface area contributed by atoms with Gasteiger partial charge in [-0.3, -0.25) is 0 Å². The van der Waals surface area contributed by atoms with Crippen LogP contribution in [-0.2, 0) is 13.1 Å². The molecule has 0 amide bonds. The van der Waals surface area contributed by atoms with Gasteiger partial charge in [0.1, 0.15) is 5.76 Å². The van der Waals surface area contributed by atoms with E-state index in [0.717, 1.165) is 25.4 Å². The van der Waals surface area contributed by atoms with Gasteiger partial charge in [-0.05, 0) is 51.5 Å². The summed E-state index contributed by atoms with van der Waals surface area (Å²) in [6, 6.07) is 12.5. The molecule has 0 unspecified atom stereocenters. The summed E-state index contributed by atoms with van der Waals surface area (Å²) in [6.07, 6.45) is 1.73. The first-order chi connectivity index (χ1) is 9.99. The highest BCUT2D eigenvalue weighted by molar-refractivity contribution is 5.53. The van der Waals surface area contributed by atoms with Crippen LogP contribution in [0.5, 0.6) is 0 Å². The van der Waals surface area contributed by atoms with Gasteiger partial charge < -0.3 is 14.6 Å². The maximum Gasteiger partial charge on any atom is 0.123 e. The number of hydrogen-bond donors (Lipinski definition) is 1. The lowest BCUT2D eigenvalue weighted by Gasteiger charge is -2.27. The molecule has 0 radical (unpaired) electrons. The fourth-order valence-electron chi connectivity index (χ4n) is 2.29. The molecule has 0 saturated heterocycles. The van der Waals surface area contributed by atoms with Crippen LogP contribution >= 0.6 is 0 Å². The molecule has 0 aliphatic rings. The van der Waals surface area contributed by atoms with E-state index in [2.05, 4.69) is 62.2 Å². The summed E-state index contributed by atoms with van der Waals surface area (Å²) in [5.41, 5.74) is 2.71. The average Bonchev–Trinajstić information content (AvgIpc) is 2.95. The van der Waals surface area contributed by atoms with E-state index in [1.165, 1.54) is 11.3 Å². The Morgan fingerprint density at radius 2 is 1.86 bits per heavy atom. The summed E-state index contributed by atoms with van der Waals surface area (Å²) in [5.74, 6) is 0.996. The Kier molecular flexibility index (Phi) is 5.07. The molecule has 1 heterocycles. The SMILES string of the molecule is CCN(Cc1ccco1)c1ccccc1CNC(C)(C)C. The lowest BCUT2D eigenvalue weighted by molar-refractivity contribution is 0.424. The lowest BCUT2D eigenvalue weighted by Crippen LogP contribution is -2.35. The van der Waals surface area contributed by atoms with Crippen LogP contribution in [0.2, 0.25) is 0 Å². The molecule has 21 heavy (non-hydrogen) atoms. The van der Waals surface area contributed by atoms with Crippen molar-refractivity contribution in [2.24, 2.45) is 0 Å². The Morgan fingerprint density at radius 3 is 2.48 bits per heavy atom. The first kappa shape index (κ1) is 15.6. The highest BCUT2D eigenvalue weighted by Gasteiger charge is 2.14. The Hall–Kier alpha value is -1.74. The van der Waals surface area contributed by atoms with Crippen LogP contribution in [0.15, 0.2) is 47.1 Å². The van der Waals surface area contributed by atoms with Crippen molar-refractivity contribution in [3.8, 4) is 0 Å². The van der Waals surface area contributed by atoms with Crippen LogP contribution in [-0.4, -0.2) is 12.1 Å². The van der Waals surface area contributed by atoms with Gasteiger partial charge in [-0.15, -0.1) is 0 Å². The van der Waals surface area contributed by atoms with Crippen LogP contribution in [0.3, 0.4) is 0 Å². The molecule has 1 aromatic heterocycles. The topological polar surface area (TPSA) is 28.4 Å². The normalized spacial score (nSPS) is 11.6. The Labute approximate surface area is 128 Å². The van der Waals surface area contributed by atoms with Crippen molar-refractivity contribution >= 4 is 5.69 Å². The molecule has 2 aromatic rings. The summed E-state index contributed by atoms with van der Waals surface area (Å²) in [4.78, 5) is 2.35. The number of benzene rings is 1. The van der Waals surface area contributed by atoms with Gasteiger partial charge >= 0.3 is 0 Å². The molecule has 2 rings (SSSR count). The number of hydrogen-bond acceptors (Lipinski definition) is 3. The van der Waals surface area contributed by atoms with Crippen LogP contribution in [0.25, 0.3) is 0 Å². The third-order valence-electron chi connectivity index (χ3n) is 3.45. The van der Waals surface area contributed by atoms with Gasteiger partial charge in [-0.25, -0.2) is 0 Å². The van der Waals surface area contributed by atoms with Crippen LogP contribution in [0, 0.1) is 0 Å². The zero-order valence-corrected chi connectivity index (χ0v) is 13.5. The minimum absolute atomic E-state index is 0.116. The highest BCUT2D eigenvalue weighted by Crippen LogP contribution is 2.23. The quantitative estimate of drug-likeness (QED) is 0.863. The van der Waals surface area contributed by atoms with E-state index in [9.17, 15) is 0 Å². The molecule has 1 aromatic carbocycles. The highest BCUT2D eigenvalue weighted by atomic mass is 16.3. The van der Waals surface area contributed by atoms with E-state index in [0.29, 0.717) is 0 Å². The van der Waals surface area contributed by atoms with E-state index < -0.39 is 0 Å². The maximum absolute atomic E-state index is 5.48. The Morgan fingerprint density at radius 1 is 1.10 bits per heavy atom. The fourth-order valence-corrected chi connectivity index (χ4v) is 2.29. The zero-order chi connectivity index (χ0) is 15.3. The van der Waals surface area contributed by atoms with Gasteiger partial charge in [0.2, 0.25) is 0 Å². The average molecular weight is 286 g/mol. The lowest BCUT2D eigenvalue weighted by atomic mass is 10.1. The molecular weight excluding hydrogens is 260 g/mol. The summed E-state index contributed by atoms with van der Waals surface area (Å²) in [5, 5.41) is 3.57. The summed E-state index contributed by atoms with van der Waals surface area (Å²) in [7, 11) is 0. The molecule has 0 saturated carbocycles. The monoisotopic (exact) mass is 286 g/mol. The first-order valence-corrected chi connectivity index (χ1v) is 7.60. The number of para-hydroxylation sites is 1. The van der Waals surface area contributed by atoms with Gasteiger partial charge in [0, 0.05) is 24.3 Å². The van der Waals surface area contributed by atoms with Gasteiger partial charge in [0.05, 0.1) is 12.8 Å². The molecule has 0 spiro atoms. The standard InChI is InChI=1S/C18H26N2O/c1-5-20(14-16-10-8-12-21-16)17-11-7-6-9-15(17)13-19-18(2,3)4/h6-12,19H,5,13-14H2,1-4H3. The molecule has 0 aliphatic heterocycles. The third-order valence-corrected chi connectivity index (χ3v) is 3.45. The largest absolute Gasteiger partial charge is 0.467 e. The molecule has 3 nitrogen and oxygen atoms in total. The van der Waals surface area contributed by atoms with Crippen molar-refractivity contribution in [3.05, 3.63) is 54.0 Å². The van der Waals surface area contributed by atoms with E-state index >= 15 is 0 Å². The van der Waals surface area contributed by atoms with E-state index in [4.69, 9.17) is 4.42 Å². The number of nitrogens with zero attached hydrogens (tertiary/aromatic N) is 1. The number of furan rings is 1. The van der Waals surface area contributed by atoms with Crippen LogP contribution in [0.1, 0.15) is 39.0 Å². The zero-order valence-electron chi connectivity index (χ0n) is 13.5. The van der Waals surface area contributed by atoms with Crippen molar-refractivity contribution in [3.63, 3.8) is 0 Å². The van der Waals surface area contributed by atoms with Gasteiger partial charge in [-0.1, -0.05) is 18.2 Å². The van der Waals surface area contributed by atoms with Crippen molar-refractivity contribution in [2.75, 3.05) is 11.4 Å². The Balaban J connectivity index is 2.16. The maximum atomic E-state index is 5.48. The molecule has 0 atom stereocenters. The Bertz CT molecular complexity index is 541. The first-order valence-electron chi connectivity index (χ1n) is 7.60. The number of anilines is 1.